The zero-order valence-electron chi connectivity index (χ0n) is 14.2. The van der Waals surface area contributed by atoms with Gasteiger partial charge in [-0.2, -0.15) is 0 Å². The Balaban J connectivity index is 1.48. The quantitative estimate of drug-likeness (QED) is 0.764. The molecule has 1 aliphatic rings. The molecule has 0 saturated carbocycles. The van der Waals surface area contributed by atoms with Crippen molar-refractivity contribution in [1.82, 2.24) is 15.2 Å². The van der Waals surface area contributed by atoms with Crippen molar-refractivity contribution >= 4 is 28.2 Å². The van der Waals surface area contributed by atoms with Crippen molar-refractivity contribution < 1.29 is 9.53 Å². The van der Waals surface area contributed by atoms with Crippen LogP contribution < -0.4 is 15.0 Å². The summed E-state index contributed by atoms with van der Waals surface area (Å²) >= 11 is 1.28. The van der Waals surface area contributed by atoms with E-state index in [0.29, 0.717) is 10.7 Å². The zero-order valence-corrected chi connectivity index (χ0v) is 15.0. The minimum Gasteiger partial charge on any atom is -0.496 e. The van der Waals surface area contributed by atoms with Crippen LogP contribution in [0.5, 0.6) is 5.75 Å². The highest BCUT2D eigenvalue weighted by atomic mass is 32.1. The van der Waals surface area contributed by atoms with E-state index in [4.69, 9.17) is 4.74 Å². The molecule has 132 valence electrons. The van der Waals surface area contributed by atoms with Crippen LogP contribution in [0.25, 0.3) is 0 Å². The Morgan fingerprint density at radius 3 is 2.96 bits per heavy atom. The van der Waals surface area contributed by atoms with Gasteiger partial charge in [0.15, 0.2) is 0 Å². The summed E-state index contributed by atoms with van der Waals surface area (Å²) in [5.74, 6) is 1.55. The molecule has 1 aromatic carbocycles. The zero-order chi connectivity index (χ0) is 17.9. The van der Waals surface area contributed by atoms with Gasteiger partial charge in [0, 0.05) is 24.8 Å². The number of fused-ring (bicyclic) bond motifs is 1. The lowest BCUT2D eigenvalue weighted by Gasteiger charge is -2.30. The van der Waals surface area contributed by atoms with Crippen molar-refractivity contribution in [3.05, 3.63) is 58.7 Å². The molecule has 1 N–H and O–H groups in total. The van der Waals surface area contributed by atoms with Gasteiger partial charge in [-0.05, 0) is 30.2 Å². The Labute approximate surface area is 154 Å². The fourth-order valence-corrected chi connectivity index (χ4v) is 3.51. The molecule has 1 amide bonds. The molecule has 3 heterocycles. The molecule has 2 aromatic heterocycles. The van der Waals surface area contributed by atoms with Crippen molar-refractivity contribution in [2.75, 3.05) is 23.9 Å². The molecular weight excluding hydrogens is 350 g/mol. The number of hydrogen-bond acceptors (Lipinski definition) is 7. The van der Waals surface area contributed by atoms with Crippen molar-refractivity contribution in [3.8, 4) is 5.75 Å². The van der Waals surface area contributed by atoms with Gasteiger partial charge in [-0.25, -0.2) is 4.98 Å². The predicted molar refractivity (Wildman–Crippen MR) is 99.8 cm³/mol. The number of methoxy groups -OCH3 is 1. The standard InChI is InChI=1S/C18H17N5O2S/c1-25-15-4-2-3-13-10-23(8-7-14(13)15)16-6-5-12(9-19-16)17(24)21-18-22-20-11-26-18/h2-6,9,11H,7-8,10H2,1H3,(H,21,22,24). The summed E-state index contributed by atoms with van der Waals surface area (Å²) in [6.07, 6.45) is 2.49. The topological polar surface area (TPSA) is 80.2 Å². The van der Waals surface area contributed by atoms with Crippen LogP contribution in [0.1, 0.15) is 21.5 Å². The van der Waals surface area contributed by atoms with Gasteiger partial charge in [-0.1, -0.05) is 23.5 Å². The maximum Gasteiger partial charge on any atom is 0.259 e. The van der Waals surface area contributed by atoms with E-state index >= 15 is 0 Å². The molecule has 1 aliphatic heterocycles. The third-order valence-electron chi connectivity index (χ3n) is 4.36. The van der Waals surface area contributed by atoms with E-state index in [1.54, 1.807) is 24.9 Å². The lowest BCUT2D eigenvalue weighted by Crippen LogP contribution is -2.31. The smallest absolute Gasteiger partial charge is 0.259 e. The number of hydrogen-bond donors (Lipinski definition) is 1. The molecule has 0 fully saturated rings. The molecule has 0 unspecified atom stereocenters. The highest BCUT2D eigenvalue weighted by molar-refractivity contribution is 7.13. The van der Waals surface area contributed by atoms with Gasteiger partial charge >= 0.3 is 0 Å². The van der Waals surface area contributed by atoms with Gasteiger partial charge in [-0.15, -0.1) is 10.2 Å². The lowest BCUT2D eigenvalue weighted by molar-refractivity contribution is 0.102. The minimum absolute atomic E-state index is 0.241. The monoisotopic (exact) mass is 367 g/mol. The third-order valence-corrected chi connectivity index (χ3v) is 4.96. The molecule has 8 heteroatoms. The van der Waals surface area contributed by atoms with Crippen molar-refractivity contribution in [2.24, 2.45) is 0 Å². The van der Waals surface area contributed by atoms with Crippen molar-refractivity contribution in [1.29, 1.82) is 0 Å². The van der Waals surface area contributed by atoms with Gasteiger partial charge in [0.25, 0.3) is 5.91 Å². The first-order chi connectivity index (χ1) is 12.7. The fraction of sp³-hybridized carbons (Fsp3) is 0.222. The maximum atomic E-state index is 12.2. The Bertz CT molecular complexity index is 912. The molecule has 3 aromatic rings. The maximum absolute atomic E-state index is 12.2. The van der Waals surface area contributed by atoms with Crippen LogP contribution in [0, 0.1) is 0 Å². The molecule has 7 nitrogen and oxygen atoms in total. The molecule has 0 bridgehead atoms. The van der Waals surface area contributed by atoms with Crippen LogP contribution >= 0.6 is 11.3 Å². The summed E-state index contributed by atoms with van der Waals surface area (Å²) in [6, 6.07) is 9.78. The summed E-state index contributed by atoms with van der Waals surface area (Å²) in [5, 5.41) is 10.7. The average molecular weight is 367 g/mol. The SMILES string of the molecule is COc1cccc2c1CCN(c1ccc(C(=O)Nc3nncs3)cn1)C2. The van der Waals surface area contributed by atoms with Crippen LogP contribution in [-0.2, 0) is 13.0 Å². The Kier molecular flexibility index (Phi) is 4.49. The van der Waals surface area contributed by atoms with Crippen LogP contribution in [0.4, 0.5) is 10.9 Å². The lowest BCUT2D eigenvalue weighted by atomic mass is 9.98. The second-order valence-electron chi connectivity index (χ2n) is 5.87. The second kappa shape index (κ2) is 7.09. The van der Waals surface area contributed by atoms with E-state index in [1.165, 1.54) is 22.5 Å². The first-order valence-corrected chi connectivity index (χ1v) is 9.06. The second-order valence-corrected chi connectivity index (χ2v) is 6.71. The molecule has 4 rings (SSSR count). The number of carbonyl (C=O) groups is 1. The van der Waals surface area contributed by atoms with Gasteiger partial charge < -0.3 is 9.64 Å². The number of nitrogens with one attached hydrogen (secondary N) is 1. The molecule has 0 radical (unpaired) electrons. The highest BCUT2D eigenvalue weighted by Gasteiger charge is 2.20. The number of nitrogens with zero attached hydrogens (tertiary/aromatic N) is 4. The molecular formula is C18H17N5O2S. The third kappa shape index (κ3) is 3.23. The number of amides is 1. The van der Waals surface area contributed by atoms with Gasteiger partial charge in [-0.3, -0.25) is 10.1 Å². The number of anilines is 2. The predicted octanol–water partition coefficient (Wildman–Crippen LogP) is 2.76. The summed E-state index contributed by atoms with van der Waals surface area (Å²) in [6.45, 7) is 1.63. The summed E-state index contributed by atoms with van der Waals surface area (Å²) < 4.78 is 5.45. The first kappa shape index (κ1) is 16.5. The van der Waals surface area contributed by atoms with E-state index in [9.17, 15) is 4.79 Å². The number of rotatable bonds is 4. The molecule has 0 aliphatic carbocycles. The molecule has 0 saturated heterocycles. The number of carbonyl (C=O) groups excluding carboxylic acids is 1. The van der Waals surface area contributed by atoms with Crippen molar-refractivity contribution in [3.63, 3.8) is 0 Å². The first-order valence-electron chi connectivity index (χ1n) is 8.18. The molecule has 26 heavy (non-hydrogen) atoms. The van der Waals surface area contributed by atoms with E-state index < -0.39 is 0 Å². The van der Waals surface area contributed by atoms with Crippen LogP contribution in [0.3, 0.4) is 0 Å². The Morgan fingerprint density at radius 2 is 2.23 bits per heavy atom. The van der Waals surface area contributed by atoms with Gasteiger partial charge in [0.2, 0.25) is 5.13 Å². The van der Waals surface area contributed by atoms with E-state index in [1.807, 2.05) is 18.2 Å². The van der Waals surface area contributed by atoms with E-state index in [2.05, 4.69) is 31.5 Å². The number of ether oxygens (including phenoxy) is 1. The van der Waals surface area contributed by atoms with E-state index in [-0.39, 0.29) is 5.91 Å². The minimum atomic E-state index is -0.241. The van der Waals surface area contributed by atoms with Crippen molar-refractivity contribution in [2.45, 2.75) is 13.0 Å². The molecule has 0 atom stereocenters. The largest absolute Gasteiger partial charge is 0.496 e. The van der Waals surface area contributed by atoms with Gasteiger partial charge in [0.1, 0.15) is 17.1 Å². The Hall–Kier alpha value is -3.00. The Morgan fingerprint density at radius 1 is 1.31 bits per heavy atom. The summed E-state index contributed by atoms with van der Waals surface area (Å²) in [5.41, 5.74) is 4.57. The summed E-state index contributed by atoms with van der Waals surface area (Å²) in [4.78, 5) is 18.9. The highest BCUT2D eigenvalue weighted by Crippen LogP contribution is 2.29. The fourth-order valence-electron chi connectivity index (χ4n) is 3.07. The van der Waals surface area contributed by atoms with Gasteiger partial charge in [0.05, 0.1) is 12.7 Å². The number of pyridine rings is 1. The number of aromatic nitrogens is 3. The van der Waals surface area contributed by atoms with Crippen LogP contribution in [0.15, 0.2) is 42.0 Å². The van der Waals surface area contributed by atoms with Crippen LogP contribution in [0.2, 0.25) is 0 Å². The normalized spacial score (nSPS) is 13.2. The van der Waals surface area contributed by atoms with E-state index in [0.717, 1.165) is 31.1 Å². The average Bonchev–Trinajstić information content (AvgIpc) is 3.20. The summed E-state index contributed by atoms with van der Waals surface area (Å²) in [7, 11) is 1.70. The number of benzene rings is 1. The molecule has 0 spiro atoms. The van der Waals surface area contributed by atoms with Crippen LogP contribution in [-0.4, -0.2) is 34.7 Å².